The van der Waals surface area contributed by atoms with Crippen molar-refractivity contribution >= 4 is 21.6 Å². The molecule has 0 spiro atoms. The lowest BCUT2D eigenvalue weighted by Crippen LogP contribution is -2.26. The van der Waals surface area contributed by atoms with E-state index in [-0.39, 0.29) is 22.1 Å². The van der Waals surface area contributed by atoms with E-state index in [9.17, 15) is 17.6 Å². The van der Waals surface area contributed by atoms with Crippen LogP contribution in [-0.4, -0.2) is 20.9 Å². The Hall–Kier alpha value is -3.19. The summed E-state index contributed by atoms with van der Waals surface area (Å²) in [6.07, 6.45) is 1.60. The fourth-order valence-electron chi connectivity index (χ4n) is 2.82. The highest BCUT2D eigenvalue weighted by molar-refractivity contribution is 7.92. The van der Waals surface area contributed by atoms with Gasteiger partial charge in [0.15, 0.2) is 0 Å². The van der Waals surface area contributed by atoms with Crippen LogP contribution in [0.4, 0.5) is 10.1 Å². The Kier molecular flexibility index (Phi) is 6.61. The molecule has 0 atom stereocenters. The third-order valence-electron chi connectivity index (χ3n) is 4.31. The summed E-state index contributed by atoms with van der Waals surface area (Å²) in [7, 11) is -3.94. The predicted molar refractivity (Wildman–Crippen MR) is 111 cm³/mol. The first kappa shape index (κ1) is 20.5. The van der Waals surface area contributed by atoms with Crippen LogP contribution in [0, 0.1) is 5.82 Å². The van der Waals surface area contributed by atoms with Crippen molar-refractivity contribution in [1.82, 2.24) is 5.32 Å². The maximum atomic E-state index is 13.1. The molecule has 29 heavy (non-hydrogen) atoms. The summed E-state index contributed by atoms with van der Waals surface area (Å²) in [6.45, 7) is 0.465. The molecule has 0 heterocycles. The van der Waals surface area contributed by atoms with Crippen molar-refractivity contribution in [2.24, 2.45) is 0 Å². The van der Waals surface area contributed by atoms with Gasteiger partial charge in [0, 0.05) is 6.54 Å². The number of carbonyl (C=O) groups excluding carboxylic acids is 1. The van der Waals surface area contributed by atoms with Crippen LogP contribution in [0.5, 0.6) is 0 Å². The Labute approximate surface area is 169 Å². The lowest BCUT2D eigenvalue weighted by atomic mass is 10.1. The molecule has 0 radical (unpaired) electrons. The van der Waals surface area contributed by atoms with E-state index >= 15 is 0 Å². The van der Waals surface area contributed by atoms with E-state index in [0.717, 1.165) is 25.0 Å². The van der Waals surface area contributed by atoms with E-state index in [1.54, 1.807) is 18.2 Å². The fraction of sp³-hybridized carbons (Fsp3) is 0.136. The molecule has 0 unspecified atom stereocenters. The Morgan fingerprint density at radius 2 is 1.52 bits per heavy atom. The Morgan fingerprint density at radius 3 is 2.24 bits per heavy atom. The zero-order valence-corrected chi connectivity index (χ0v) is 16.5. The molecule has 5 nitrogen and oxygen atoms in total. The molecule has 3 rings (SSSR count). The molecule has 7 heteroatoms. The van der Waals surface area contributed by atoms with Gasteiger partial charge in [-0.3, -0.25) is 9.52 Å². The molecule has 0 bridgehead atoms. The van der Waals surface area contributed by atoms with Gasteiger partial charge in [-0.2, -0.15) is 0 Å². The number of amides is 1. The fourth-order valence-corrected chi connectivity index (χ4v) is 3.90. The number of hydrogen-bond donors (Lipinski definition) is 2. The number of nitrogens with one attached hydrogen (secondary N) is 2. The van der Waals surface area contributed by atoms with Gasteiger partial charge >= 0.3 is 0 Å². The Balaban J connectivity index is 1.65. The second-order valence-corrected chi connectivity index (χ2v) is 8.13. The summed E-state index contributed by atoms with van der Waals surface area (Å²) in [5.74, 6) is -0.894. The second kappa shape index (κ2) is 9.34. The number of halogens is 1. The third-order valence-corrected chi connectivity index (χ3v) is 5.69. The minimum atomic E-state index is -3.94. The Bertz CT molecular complexity index is 1070. The lowest BCUT2D eigenvalue weighted by Gasteiger charge is -2.13. The van der Waals surface area contributed by atoms with Gasteiger partial charge in [-0.15, -0.1) is 0 Å². The van der Waals surface area contributed by atoms with E-state index in [2.05, 4.69) is 10.0 Å². The van der Waals surface area contributed by atoms with Crippen LogP contribution in [0.3, 0.4) is 0 Å². The van der Waals surface area contributed by atoms with Gasteiger partial charge < -0.3 is 5.32 Å². The molecule has 2 N–H and O–H groups in total. The quantitative estimate of drug-likeness (QED) is 0.550. The topological polar surface area (TPSA) is 75.3 Å². The van der Waals surface area contributed by atoms with Crippen molar-refractivity contribution in [3.63, 3.8) is 0 Å². The molecule has 3 aromatic carbocycles. The molecular formula is C22H21FN2O3S. The molecule has 3 aromatic rings. The van der Waals surface area contributed by atoms with E-state index in [4.69, 9.17) is 0 Å². The van der Waals surface area contributed by atoms with Crippen LogP contribution < -0.4 is 10.0 Å². The highest BCUT2D eigenvalue weighted by atomic mass is 32.2. The summed E-state index contributed by atoms with van der Waals surface area (Å²) in [5, 5.41) is 2.82. The minimum Gasteiger partial charge on any atom is -0.352 e. The van der Waals surface area contributed by atoms with Crippen LogP contribution in [0.25, 0.3) is 0 Å². The van der Waals surface area contributed by atoms with Crippen molar-refractivity contribution in [2.45, 2.75) is 17.7 Å². The molecular weight excluding hydrogens is 391 g/mol. The number of aryl methyl sites for hydroxylation is 1. The number of rotatable bonds is 8. The van der Waals surface area contributed by atoms with Gasteiger partial charge in [-0.25, -0.2) is 12.8 Å². The maximum Gasteiger partial charge on any atom is 0.261 e. The van der Waals surface area contributed by atoms with Gasteiger partial charge in [-0.05, 0) is 54.8 Å². The van der Waals surface area contributed by atoms with Crippen LogP contribution in [0.1, 0.15) is 22.3 Å². The number of anilines is 1. The smallest absolute Gasteiger partial charge is 0.261 e. The van der Waals surface area contributed by atoms with E-state index < -0.39 is 15.8 Å². The van der Waals surface area contributed by atoms with E-state index in [1.165, 1.54) is 23.8 Å². The summed E-state index contributed by atoms with van der Waals surface area (Å²) < 4.78 is 40.5. The SMILES string of the molecule is O=C(NCCCc1ccccc1)c1ccccc1NS(=O)(=O)c1ccc(F)cc1. The molecule has 1 amide bonds. The standard InChI is InChI=1S/C22H21FN2O3S/c23-18-12-14-19(15-13-18)29(27,28)25-21-11-5-4-10-20(21)22(26)24-16-6-9-17-7-2-1-3-8-17/h1-5,7-8,10-15,25H,6,9,16H2,(H,24,26). The van der Waals surface area contributed by atoms with Crippen molar-refractivity contribution in [1.29, 1.82) is 0 Å². The number of para-hydroxylation sites is 1. The first-order valence-electron chi connectivity index (χ1n) is 9.15. The first-order valence-corrected chi connectivity index (χ1v) is 10.6. The van der Waals surface area contributed by atoms with Crippen molar-refractivity contribution in [3.8, 4) is 0 Å². The average Bonchev–Trinajstić information content (AvgIpc) is 2.72. The monoisotopic (exact) mass is 412 g/mol. The molecule has 0 aromatic heterocycles. The van der Waals surface area contributed by atoms with Crippen molar-refractivity contribution in [2.75, 3.05) is 11.3 Å². The minimum absolute atomic E-state index is 0.0861. The van der Waals surface area contributed by atoms with Crippen molar-refractivity contribution < 1.29 is 17.6 Å². The molecule has 0 fully saturated rings. The first-order chi connectivity index (χ1) is 14.0. The largest absolute Gasteiger partial charge is 0.352 e. The highest BCUT2D eigenvalue weighted by Crippen LogP contribution is 2.20. The third kappa shape index (κ3) is 5.65. The molecule has 0 aliphatic rings. The molecule has 0 aliphatic carbocycles. The van der Waals surface area contributed by atoms with Gasteiger partial charge in [0.25, 0.3) is 15.9 Å². The van der Waals surface area contributed by atoms with Crippen LogP contribution in [0.2, 0.25) is 0 Å². The zero-order valence-electron chi connectivity index (χ0n) is 15.6. The van der Waals surface area contributed by atoms with Gasteiger partial charge in [0.1, 0.15) is 5.82 Å². The number of benzene rings is 3. The van der Waals surface area contributed by atoms with Crippen LogP contribution in [0.15, 0.2) is 83.8 Å². The number of hydrogen-bond acceptors (Lipinski definition) is 3. The lowest BCUT2D eigenvalue weighted by molar-refractivity contribution is 0.0954. The van der Waals surface area contributed by atoms with Crippen LogP contribution in [-0.2, 0) is 16.4 Å². The summed E-state index contributed by atoms with van der Waals surface area (Å²) in [6, 6.07) is 20.8. The number of sulfonamides is 1. The predicted octanol–water partition coefficient (Wildman–Crippen LogP) is 3.99. The van der Waals surface area contributed by atoms with Crippen LogP contribution >= 0.6 is 0 Å². The highest BCUT2D eigenvalue weighted by Gasteiger charge is 2.18. The average molecular weight is 412 g/mol. The molecule has 150 valence electrons. The normalized spacial score (nSPS) is 11.1. The number of carbonyl (C=O) groups is 1. The van der Waals surface area contributed by atoms with E-state index in [0.29, 0.717) is 6.54 Å². The summed E-state index contributed by atoms with van der Waals surface area (Å²) >= 11 is 0. The Morgan fingerprint density at radius 1 is 0.862 bits per heavy atom. The zero-order chi connectivity index (χ0) is 20.7. The molecule has 0 saturated carbocycles. The molecule has 0 saturated heterocycles. The summed E-state index contributed by atoms with van der Waals surface area (Å²) in [4.78, 5) is 12.5. The van der Waals surface area contributed by atoms with Gasteiger partial charge in [0.05, 0.1) is 16.1 Å². The van der Waals surface area contributed by atoms with Gasteiger partial charge in [0.2, 0.25) is 0 Å². The summed E-state index contributed by atoms with van der Waals surface area (Å²) in [5.41, 5.74) is 1.57. The second-order valence-electron chi connectivity index (χ2n) is 6.45. The van der Waals surface area contributed by atoms with Crippen molar-refractivity contribution in [3.05, 3.63) is 95.8 Å². The maximum absolute atomic E-state index is 13.1. The van der Waals surface area contributed by atoms with E-state index in [1.807, 2.05) is 30.3 Å². The molecule has 0 aliphatic heterocycles. The van der Waals surface area contributed by atoms with Gasteiger partial charge in [-0.1, -0.05) is 42.5 Å².